The summed E-state index contributed by atoms with van der Waals surface area (Å²) in [6, 6.07) is 0. The number of carbonyl (C=O) groups excluding carboxylic acids is 1. The van der Waals surface area contributed by atoms with Gasteiger partial charge in [-0.2, -0.15) is 4.37 Å². The van der Waals surface area contributed by atoms with Crippen LogP contribution < -0.4 is 11.1 Å². The molecule has 1 atom stereocenters. The van der Waals surface area contributed by atoms with Crippen molar-refractivity contribution < 1.29 is 4.79 Å². The van der Waals surface area contributed by atoms with Crippen LogP contribution in [0.15, 0.2) is 10.7 Å². The molecule has 1 aromatic rings. The van der Waals surface area contributed by atoms with E-state index in [1.807, 2.05) is 13.8 Å². The smallest absolute Gasteiger partial charge is 0.238 e. The SMILES string of the molecule is CCCNC(C)(CSc1ncns1)C(N)=O. The summed E-state index contributed by atoms with van der Waals surface area (Å²) in [5.41, 5.74) is 4.72. The predicted octanol–water partition coefficient (Wildman–Crippen LogP) is 0.874. The normalized spacial score (nSPS) is 14.6. The molecule has 0 aromatic carbocycles. The number of nitrogens with two attached hydrogens (primary N) is 1. The highest BCUT2D eigenvalue weighted by Crippen LogP contribution is 2.23. The quantitative estimate of drug-likeness (QED) is 0.711. The molecule has 0 saturated carbocycles. The van der Waals surface area contributed by atoms with E-state index >= 15 is 0 Å². The molecule has 1 aromatic heterocycles. The molecule has 3 N–H and O–H groups in total. The van der Waals surface area contributed by atoms with Crippen LogP contribution in [0.1, 0.15) is 20.3 Å². The number of thioether (sulfide) groups is 1. The van der Waals surface area contributed by atoms with Gasteiger partial charge in [0, 0.05) is 5.75 Å². The lowest BCUT2D eigenvalue weighted by Crippen LogP contribution is -2.55. The van der Waals surface area contributed by atoms with Crippen molar-refractivity contribution in [3.63, 3.8) is 0 Å². The second-order valence-corrected chi connectivity index (χ2v) is 5.62. The van der Waals surface area contributed by atoms with Crippen molar-refractivity contribution in [1.82, 2.24) is 14.7 Å². The third-order valence-corrected chi connectivity index (χ3v) is 4.25. The van der Waals surface area contributed by atoms with Crippen molar-refractivity contribution >= 4 is 29.2 Å². The summed E-state index contributed by atoms with van der Waals surface area (Å²) in [4.78, 5) is 15.4. The minimum Gasteiger partial charge on any atom is -0.368 e. The lowest BCUT2D eigenvalue weighted by Gasteiger charge is -2.26. The second-order valence-electron chi connectivity index (χ2n) is 3.62. The zero-order valence-electron chi connectivity index (χ0n) is 9.40. The number of amides is 1. The van der Waals surface area contributed by atoms with E-state index in [9.17, 15) is 4.79 Å². The van der Waals surface area contributed by atoms with E-state index in [-0.39, 0.29) is 5.91 Å². The first kappa shape index (κ1) is 13.4. The van der Waals surface area contributed by atoms with Gasteiger partial charge in [0.1, 0.15) is 11.9 Å². The Labute approximate surface area is 103 Å². The summed E-state index contributed by atoms with van der Waals surface area (Å²) in [5, 5.41) is 3.17. The summed E-state index contributed by atoms with van der Waals surface area (Å²) >= 11 is 2.82. The molecule has 1 amide bonds. The molecule has 0 saturated heterocycles. The highest BCUT2D eigenvalue weighted by molar-refractivity contribution is 8.01. The van der Waals surface area contributed by atoms with Crippen LogP contribution in [0.2, 0.25) is 0 Å². The first-order chi connectivity index (χ1) is 7.58. The lowest BCUT2D eigenvalue weighted by atomic mass is 10.1. The highest BCUT2D eigenvalue weighted by Gasteiger charge is 2.30. The highest BCUT2D eigenvalue weighted by atomic mass is 32.2. The zero-order valence-corrected chi connectivity index (χ0v) is 11.0. The van der Waals surface area contributed by atoms with E-state index in [2.05, 4.69) is 14.7 Å². The van der Waals surface area contributed by atoms with Crippen LogP contribution >= 0.6 is 23.3 Å². The van der Waals surface area contributed by atoms with Gasteiger partial charge in [0.2, 0.25) is 5.91 Å². The van der Waals surface area contributed by atoms with Gasteiger partial charge in [-0.3, -0.25) is 4.79 Å². The molecule has 1 heterocycles. The molecular weight excluding hydrogens is 244 g/mol. The first-order valence-corrected chi connectivity index (χ1v) is 6.79. The van der Waals surface area contributed by atoms with Crippen molar-refractivity contribution in [2.45, 2.75) is 30.1 Å². The molecular formula is C9H16N4OS2. The van der Waals surface area contributed by atoms with Crippen LogP contribution in [-0.2, 0) is 4.79 Å². The Kier molecular flexibility index (Phi) is 5.17. The Morgan fingerprint density at radius 2 is 2.50 bits per heavy atom. The molecule has 0 aliphatic carbocycles. The standard InChI is InChI=1S/C9H16N4OS2/c1-3-4-12-9(2,7(10)14)5-15-8-11-6-13-16-8/h6,12H,3-5H2,1-2H3,(H2,10,14). The molecule has 0 bridgehead atoms. The fourth-order valence-electron chi connectivity index (χ4n) is 1.04. The van der Waals surface area contributed by atoms with Crippen LogP contribution in [0.4, 0.5) is 0 Å². The van der Waals surface area contributed by atoms with Crippen LogP contribution in [0.5, 0.6) is 0 Å². The molecule has 7 heteroatoms. The first-order valence-electron chi connectivity index (χ1n) is 5.03. The monoisotopic (exact) mass is 260 g/mol. The number of hydrogen-bond acceptors (Lipinski definition) is 6. The fraction of sp³-hybridized carbons (Fsp3) is 0.667. The van der Waals surface area contributed by atoms with Gasteiger partial charge in [0.25, 0.3) is 0 Å². The average molecular weight is 260 g/mol. The third-order valence-electron chi connectivity index (χ3n) is 2.13. The Hall–Kier alpha value is -0.660. The van der Waals surface area contributed by atoms with Crippen LogP contribution in [0, 0.1) is 0 Å². The Balaban J connectivity index is 2.53. The number of rotatable bonds is 7. The van der Waals surface area contributed by atoms with Crippen molar-refractivity contribution in [1.29, 1.82) is 0 Å². The largest absolute Gasteiger partial charge is 0.368 e. The van der Waals surface area contributed by atoms with Crippen LogP contribution in [0.3, 0.4) is 0 Å². The van der Waals surface area contributed by atoms with Crippen molar-refractivity contribution in [2.24, 2.45) is 5.73 Å². The summed E-state index contributed by atoms with van der Waals surface area (Å²) < 4.78 is 4.76. The van der Waals surface area contributed by atoms with Crippen molar-refractivity contribution in [3.8, 4) is 0 Å². The zero-order chi connectivity index (χ0) is 12.0. The van der Waals surface area contributed by atoms with Gasteiger partial charge in [-0.15, -0.1) is 0 Å². The Bertz CT molecular complexity index is 330. The van der Waals surface area contributed by atoms with Gasteiger partial charge in [-0.25, -0.2) is 4.98 Å². The minimum absolute atomic E-state index is 0.335. The maximum atomic E-state index is 11.4. The maximum Gasteiger partial charge on any atom is 0.238 e. The van der Waals surface area contributed by atoms with Gasteiger partial charge in [-0.05, 0) is 31.4 Å². The molecule has 90 valence electrons. The number of primary amides is 1. The lowest BCUT2D eigenvalue weighted by molar-refractivity contribution is -0.122. The van der Waals surface area contributed by atoms with Crippen LogP contribution in [0.25, 0.3) is 0 Å². The Morgan fingerprint density at radius 1 is 1.75 bits per heavy atom. The summed E-state index contributed by atoms with van der Waals surface area (Å²) in [6.07, 6.45) is 2.47. The summed E-state index contributed by atoms with van der Waals surface area (Å²) in [5.74, 6) is 0.232. The topological polar surface area (TPSA) is 80.9 Å². The van der Waals surface area contributed by atoms with E-state index < -0.39 is 5.54 Å². The van der Waals surface area contributed by atoms with E-state index in [1.165, 1.54) is 29.6 Å². The molecule has 16 heavy (non-hydrogen) atoms. The average Bonchev–Trinajstić information content (AvgIpc) is 2.76. The molecule has 0 aliphatic rings. The molecule has 1 unspecified atom stereocenters. The fourth-order valence-corrected chi connectivity index (χ4v) is 2.62. The second kappa shape index (κ2) is 6.17. The van der Waals surface area contributed by atoms with E-state index in [4.69, 9.17) is 5.73 Å². The summed E-state index contributed by atoms with van der Waals surface area (Å²) in [7, 11) is 0. The maximum absolute atomic E-state index is 11.4. The number of nitrogens with one attached hydrogen (secondary N) is 1. The van der Waals surface area contributed by atoms with Gasteiger partial charge in [0.05, 0.1) is 0 Å². The Morgan fingerprint density at radius 3 is 3.00 bits per heavy atom. The van der Waals surface area contributed by atoms with Gasteiger partial charge in [-0.1, -0.05) is 18.7 Å². The number of carbonyl (C=O) groups is 1. The number of aromatic nitrogens is 2. The summed E-state index contributed by atoms with van der Waals surface area (Å²) in [6.45, 7) is 4.64. The molecule has 0 fully saturated rings. The minimum atomic E-state index is -0.688. The molecule has 1 rings (SSSR count). The van der Waals surface area contributed by atoms with E-state index in [0.29, 0.717) is 5.75 Å². The number of hydrogen-bond donors (Lipinski definition) is 2. The van der Waals surface area contributed by atoms with Crippen molar-refractivity contribution in [2.75, 3.05) is 12.3 Å². The predicted molar refractivity (Wildman–Crippen MR) is 66.5 cm³/mol. The third kappa shape index (κ3) is 3.73. The van der Waals surface area contributed by atoms with Gasteiger partial charge >= 0.3 is 0 Å². The molecule has 0 spiro atoms. The number of nitrogens with zero attached hydrogens (tertiary/aromatic N) is 2. The van der Waals surface area contributed by atoms with E-state index in [0.717, 1.165) is 17.3 Å². The van der Waals surface area contributed by atoms with Crippen molar-refractivity contribution in [3.05, 3.63) is 6.33 Å². The van der Waals surface area contributed by atoms with Gasteiger partial charge < -0.3 is 11.1 Å². The molecule has 5 nitrogen and oxygen atoms in total. The van der Waals surface area contributed by atoms with Gasteiger partial charge in [0.15, 0.2) is 4.34 Å². The molecule has 0 aliphatic heterocycles. The van der Waals surface area contributed by atoms with Crippen LogP contribution in [-0.4, -0.2) is 33.1 Å². The van der Waals surface area contributed by atoms with E-state index in [1.54, 1.807) is 0 Å². The molecule has 0 radical (unpaired) electrons.